The lowest BCUT2D eigenvalue weighted by Crippen LogP contribution is -2.49. The number of pyridine rings is 1. The number of urea groups is 1. The molecule has 0 atom stereocenters. The van der Waals surface area contributed by atoms with E-state index in [0.717, 1.165) is 34.9 Å². The third kappa shape index (κ3) is 2.53. The van der Waals surface area contributed by atoms with E-state index in [-0.39, 0.29) is 24.1 Å². The fraction of sp³-hybridized carbons (Fsp3) is 0.300. The fourth-order valence-electron chi connectivity index (χ4n) is 3.85. The van der Waals surface area contributed by atoms with Crippen LogP contribution in [0.15, 0.2) is 24.5 Å². The Hall–Kier alpha value is -3.36. The highest BCUT2D eigenvalue weighted by molar-refractivity contribution is 6.12. The van der Waals surface area contributed by atoms with E-state index in [9.17, 15) is 4.79 Å². The SMILES string of the molecule is COc1cc(OC)c(F)c(N2Cc3cnc4[nH]ccc4c3N(C3CC3)C2=O)c1F. The van der Waals surface area contributed by atoms with Crippen LogP contribution in [0.2, 0.25) is 0 Å². The van der Waals surface area contributed by atoms with Crippen molar-refractivity contribution in [3.05, 3.63) is 41.7 Å². The molecule has 2 aliphatic rings. The molecule has 1 aromatic carbocycles. The Labute approximate surface area is 164 Å². The topological polar surface area (TPSA) is 70.7 Å². The number of rotatable bonds is 4. The number of methoxy groups -OCH3 is 2. The number of fused-ring (bicyclic) bond motifs is 3. The summed E-state index contributed by atoms with van der Waals surface area (Å²) in [7, 11) is 2.55. The zero-order chi connectivity index (χ0) is 20.3. The third-order valence-electron chi connectivity index (χ3n) is 5.37. The van der Waals surface area contributed by atoms with Crippen LogP contribution in [0.3, 0.4) is 0 Å². The zero-order valence-electron chi connectivity index (χ0n) is 15.8. The highest BCUT2D eigenvalue weighted by atomic mass is 19.1. The number of H-pyrrole nitrogens is 1. The van der Waals surface area contributed by atoms with Gasteiger partial charge in [0.2, 0.25) is 0 Å². The van der Waals surface area contributed by atoms with Crippen molar-refractivity contribution < 1.29 is 23.0 Å². The molecule has 1 aliphatic carbocycles. The van der Waals surface area contributed by atoms with Gasteiger partial charge in [-0.1, -0.05) is 0 Å². The van der Waals surface area contributed by atoms with Gasteiger partial charge in [-0.2, -0.15) is 0 Å². The van der Waals surface area contributed by atoms with E-state index in [4.69, 9.17) is 9.47 Å². The quantitative estimate of drug-likeness (QED) is 0.720. The molecule has 3 heterocycles. The van der Waals surface area contributed by atoms with Crippen LogP contribution in [0.4, 0.5) is 25.0 Å². The number of hydrogen-bond donors (Lipinski definition) is 1. The standard InChI is InChI=1S/C20H18F2N4O3/c1-28-13-7-14(29-2)16(22)18(15(13)21)25-9-10-8-24-19-12(5-6-23-19)17(10)26(20(25)27)11-3-4-11/h5-8,11H,3-4,9H2,1-2H3,(H,23,24). The summed E-state index contributed by atoms with van der Waals surface area (Å²) < 4.78 is 40.2. The van der Waals surface area contributed by atoms with E-state index in [2.05, 4.69) is 9.97 Å². The highest BCUT2D eigenvalue weighted by Crippen LogP contribution is 2.45. The molecule has 9 heteroatoms. The maximum atomic E-state index is 15.1. The minimum atomic E-state index is -0.950. The van der Waals surface area contributed by atoms with Gasteiger partial charge in [0, 0.05) is 35.5 Å². The molecule has 0 bridgehead atoms. The lowest BCUT2D eigenvalue weighted by atomic mass is 10.1. The maximum absolute atomic E-state index is 15.1. The van der Waals surface area contributed by atoms with Crippen molar-refractivity contribution in [1.82, 2.24) is 9.97 Å². The van der Waals surface area contributed by atoms with E-state index in [0.29, 0.717) is 11.2 Å². The molecular weight excluding hydrogens is 382 g/mol. The van der Waals surface area contributed by atoms with Crippen LogP contribution in [0.5, 0.6) is 11.5 Å². The molecular formula is C20H18F2N4O3. The number of ether oxygens (including phenoxy) is 2. The fourth-order valence-corrected chi connectivity index (χ4v) is 3.85. The summed E-state index contributed by atoms with van der Waals surface area (Å²) in [5.41, 5.74) is 1.63. The second-order valence-electron chi connectivity index (χ2n) is 7.10. The molecule has 7 nitrogen and oxygen atoms in total. The maximum Gasteiger partial charge on any atom is 0.329 e. The predicted molar refractivity (Wildman–Crippen MR) is 103 cm³/mol. The van der Waals surface area contributed by atoms with Gasteiger partial charge in [0.1, 0.15) is 11.3 Å². The molecule has 29 heavy (non-hydrogen) atoms. The van der Waals surface area contributed by atoms with Gasteiger partial charge in [-0.15, -0.1) is 0 Å². The normalized spacial score (nSPS) is 16.3. The van der Waals surface area contributed by atoms with Crippen molar-refractivity contribution in [3.63, 3.8) is 0 Å². The van der Waals surface area contributed by atoms with Crippen molar-refractivity contribution in [2.75, 3.05) is 24.0 Å². The lowest BCUT2D eigenvalue weighted by molar-refractivity contribution is 0.249. The number of nitrogens with one attached hydrogen (secondary N) is 1. The Morgan fingerprint density at radius 1 is 1.14 bits per heavy atom. The second-order valence-corrected chi connectivity index (χ2v) is 7.10. The van der Waals surface area contributed by atoms with Crippen molar-refractivity contribution in [2.24, 2.45) is 0 Å². The number of hydrogen-bond acceptors (Lipinski definition) is 4. The molecule has 2 aromatic heterocycles. The molecule has 5 rings (SSSR count). The summed E-state index contributed by atoms with van der Waals surface area (Å²) in [5.74, 6) is -2.30. The average Bonchev–Trinajstić information content (AvgIpc) is 3.44. The lowest BCUT2D eigenvalue weighted by Gasteiger charge is -2.37. The first kappa shape index (κ1) is 17.7. The minimum Gasteiger partial charge on any atom is -0.493 e. The summed E-state index contributed by atoms with van der Waals surface area (Å²) in [6, 6.07) is 2.49. The Kier molecular flexibility index (Phi) is 3.87. The molecule has 1 saturated carbocycles. The molecule has 3 aromatic rings. The zero-order valence-corrected chi connectivity index (χ0v) is 15.8. The number of aromatic amines is 1. The predicted octanol–water partition coefficient (Wildman–Crippen LogP) is 3.97. The van der Waals surface area contributed by atoms with Gasteiger partial charge in [-0.25, -0.2) is 18.6 Å². The Bertz CT molecular complexity index is 1110. The van der Waals surface area contributed by atoms with Crippen LogP contribution in [0, 0.1) is 11.6 Å². The molecule has 150 valence electrons. The van der Waals surface area contributed by atoms with Gasteiger partial charge in [0.15, 0.2) is 23.1 Å². The van der Waals surface area contributed by atoms with Crippen molar-refractivity contribution in [3.8, 4) is 11.5 Å². The van der Waals surface area contributed by atoms with Crippen LogP contribution >= 0.6 is 0 Å². The minimum absolute atomic E-state index is 0.0109. The van der Waals surface area contributed by atoms with E-state index in [1.54, 1.807) is 17.3 Å². The summed E-state index contributed by atoms with van der Waals surface area (Å²) in [4.78, 5) is 23.6. The highest BCUT2D eigenvalue weighted by Gasteiger charge is 2.43. The first-order chi connectivity index (χ1) is 14.0. The van der Waals surface area contributed by atoms with E-state index in [1.165, 1.54) is 14.2 Å². The largest absolute Gasteiger partial charge is 0.493 e. The van der Waals surface area contributed by atoms with Crippen LogP contribution in [-0.4, -0.2) is 36.3 Å². The molecule has 0 unspecified atom stereocenters. The van der Waals surface area contributed by atoms with Crippen molar-refractivity contribution >= 4 is 28.4 Å². The number of amides is 2. The van der Waals surface area contributed by atoms with Gasteiger partial charge >= 0.3 is 6.03 Å². The summed E-state index contributed by atoms with van der Waals surface area (Å²) in [6.45, 7) is -0.0182. The van der Waals surface area contributed by atoms with E-state index in [1.807, 2.05) is 6.07 Å². The molecule has 1 N–H and O–H groups in total. The molecule has 1 aliphatic heterocycles. The Morgan fingerprint density at radius 2 is 1.83 bits per heavy atom. The van der Waals surface area contributed by atoms with Crippen LogP contribution < -0.4 is 19.3 Å². The second kappa shape index (κ2) is 6.33. The molecule has 1 fully saturated rings. The van der Waals surface area contributed by atoms with E-state index < -0.39 is 23.4 Å². The molecule has 0 spiro atoms. The first-order valence-corrected chi connectivity index (χ1v) is 9.20. The number of aromatic nitrogens is 2. The van der Waals surface area contributed by atoms with Crippen molar-refractivity contribution in [2.45, 2.75) is 25.4 Å². The van der Waals surface area contributed by atoms with Gasteiger partial charge < -0.3 is 14.5 Å². The monoisotopic (exact) mass is 400 g/mol. The number of halogens is 2. The van der Waals surface area contributed by atoms with Gasteiger partial charge in [0.25, 0.3) is 0 Å². The molecule has 2 amide bonds. The first-order valence-electron chi connectivity index (χ1n) is 9.20. The summed E-state index contributed by atoms with van der Waals surface area (Å²) >= 11 is 0. The number of carbonyl (C=O) groups excluding carboxylic acids is 1. The summed E-state index contributed by atoms with van der Waals surface area (Å²) in [6.07, 6.45) is 5.06. The number of anilines is 2. The van der Waals surface area contributed by atoms with Crippen LogP contribution in [0.1, 0.15) is 18.4 Å². The number of carbonyl (C=O) groups is 1. The average molecular weight is 400 g/mol. The Balaban J connectivity index is 1.71. The van der Waals surface area contributed by atoms with Gasteiger partial charge in [-0.3, -0.25) is 9.80 Å². The molecule has 0 saturated heterocycles. The van der Waals surface area contributed by atoms with Gasteiger partial charge in [-0.05, 0) is 18.9 Å². The van der Waals surface area contributed by atoms with Gasteiger partial charge in [0.05, 0.1) is 26.5 Å². The smallest absolute Gasteiger partial charge is 0.329 e. The Morgan fingerprint density at radius 3 is 2.45 bits per heavy atom. The number of benzene rings is 1. The third-order valence-corrected chi connectivity index (χ3v) is 5.37. The number of nitrogens with zero attached hydrogens (tertiary/aromatic N) is 3. The van der Waals surface area contributed by atoms with Crippen LogP contribution in [0.25, 0.3) is 11.0 Å². The molecule has 0 radical (unpaired) electrons. The summed E-state index contributed by atoms with van der Waals surface area (Å²) in [5, 5.41) is 0.812. The van der Waals surface area contributed by atoms with Crippen molar-refractivity contribution in [1.29, 1.82) is 0 Å². The van der Waals surface area contributed by atoms with Crippen LogP contribution in [-0.2, 0) is 6.54 Å². The van der Waals surface area contributed by atoms with E-state index >= 15 is 8.78 Å².